The van der Waals surface area contributed by atoms with Gasteiger partial charge in [0.2, 0.25) is 0 Å². The fourth-order valence-corrected chi connectivity index (χ4v) is 8.22. The van der Waals surface area contributed by atoms with Crippen LogP contribution in [0.5, 0.6) is 0 Å². The first kappa shape index (κ1) is 17.6. The van der Waals surface area contributed by atoms with E-state index in [0.29, 0.717) is 17.8 Å². The van der Waals surface area contributed by atoms with Crippen molar-refractivity contribution in [2.24, 2.45) is 40.4 Å². The summed E-state index contributed by atoms with van der Waals surface area (Å²) in [4.78, 5) is 11.6. The first-order chi connectivity index (χ1) is 11.9. The van der Waals surface area contributed by atoms with Gasteiger partial charge in [0.05, 0.1) is 0 Å². The van der Waals surface area contributed by atoms with Gasteiger partial charge in [-0.25, -0.2) is 0 Å². The third-order valence-corrected chi connectivity index (χ3v) is 9.49. The van der Waals surface area contributed by atoms with Gasteiger partial charge < -0.3 is 5.11 Å². The van der Waals surface area contributed by atoms with Crippen LogP contribution in [0.3, 0.4) is 0 Å². The minimum atomic E-state index is -0.578. The van der Waals surface area contributed by atoms with Crippen molar-refractivity contribution in [2.75, 3.05) is 0 Å². The Balaban J connectivity index is 1.65. The number of rotatable bonds is 3. The largest absolute Gasteiger partial charge is 0.481 e. The van der Waals surface area contributed by atoms with Crippen LogP contribution in [0.4, 0.5) is 0 Å². The summed E-state index contributed by atoms with van der Waals surface area (Å²) in [5.74, 6) is 3.02. The minimum Gasteiger partial charge on any atom is -0.481 e. The van der Waals surface area contributed by atoms with E-state index in [1.165, 1.54) is 51.4 Å². The van der Waals surface area contributed by atoms with Gasteiger partial charge in [0.1, 0.15) is 0 Å². The van der Waals surface area contributed by atoms with Crippen LogP contribution in [0.25, 0.3) is 0 Å². The lowest BCUT2D eigenvalue weighted by Gasteiger charge is -2.62. The molecule has 0 aromatic carbocycles. The van der Waals surface area contributed by atoms with E-state index in [9.17, 15) is 9.90 Å². The van der Waals surface area contributed by atoms with Crippen LogP contribution >= 0.6 is 0 Å². The number of hydrogen-bond donors (Lipinski definition) is 1. The molecule has 4 rings (SSSR count). The molecule has 0 aliphatic heterocycles. The van der Waals surface area contributed by atoms with Gasteiger partial charge in [-0.1, -0.05) is 38.8 Å². The molecule has 0 saturated heterocycles. The smallest absolute Gasteiger partial charge is 0.303 e. The molecule has 140 valence electrons. The molecule has 7 atom stereocenters. The maximum atomic E-state index is 11.6. The van der Waals surface area contributed by atoms with Gasteiger partial charge in [0, 0.05) is 6.42 Å². The lowest BCUT2D eigenvalue weighted by Crippen LogP contribution is -2.55. The van der Waals surface area contributed by atoms with Gasteiger partial charge >= 0.3 is 5.97 Å². The van der Waals surface area contributed by atoms with Crippen LogP contribution < -0.4 is 0 Å². The van der Waals surface area contributed by atoms with E-state index in [4.69, 9.17) is 0 Å². The molecule has 25 heavy (non-hydrogen) atoms. The average molecular weight is 345 g/mol. The summed E-state index contributed by atoms with van der Waals surface area (Å²) in [7, 11) is 0. The first-order valence-electron chi connectivity index (χ1n) is 10.8. The molecule has 0 radical (unpaired) electrons. The number of hydrogen-bond acceptors (Lipinski definition) is 1. The monoisotopic (exact) mass is 344 g/mol. The zero-order valence-electron chi connectivity index (χ0n) is 16.4. The zero-order valence-corrected chi connectivity index (χ0v) is 16.4. The van der Waals surface area contributed by atoms with E-state index in [1.54, 1.807) is 5.57 Å². The SMILES string of the molecule is CCC1=CC[C@H]2[C@@H]3CC[C@@H]4CCC[C@@H](CC(=O)O)[C@]4(C)[C@H]3CC[C@]12C. The summed E-state index contributed by atoms with van der Waals surface area (Å²) < 4.78 is 0. The number of fused-ring (bicyclic) bond motifs is 5. The van der Waals surface area contributed by atoms with Gasteiger partial charge in [-0.15, -0.1) is 0 Å². The Morgan fingerprint density at radius 1 is 1.16 bits per heavy atom. The maximum absolute atomic E-state index is 11.6. The molecule has 0 aromatic rings. The van der Waals surface area contributed by atoms with Crippen molar-refractivity contribution in [1.82, 2.24) is 0 Å². The van der Waals surface area contributed by atoms with Crippen molar-refractivity contribution in [3.05, 3.63) is 11.6 Å². The Labute approximate surface area is 153 Å². The Bertz CT molecular complexity index is 579. The van der Waals surface area contributed by atoms with Crippen LogP contribution in [0.15, 0.2) is 11.6 Å². The second-order valence-electron chi connectivity index (χ2n) is 10.0. The van der Waals surface area contributed by atoms with E-state index < -0.39 is 5.97 Å². The minimum absolute atomic E-state index is 0.274. The highest BCUT2D eigenvalue weighted by atomic mass is 16.4. The number of carboxylic acid groups (broad SMARTS) is 1. The fraction of sp³-hybridized carbons (Fsp3) is 0.870. The third-order valence-electron chi connectivity index (χ3n) is 9.49. The molecule has 0 bridgehead atoms. The van der Waals surface area contributed by atoms with Gasteiger partial charge in [0.25, 0.3) is 0 Å². The Hall–Kier alpha value is -0.790. The predicted octanol–water partition coefficient (Wildman–Crippen LogP) is 6.07. The van der Waals surface area contributed by atoms with Crippen LogP contribution in [0.2, 0.25) is 0 Å². The second-order valence-corrected chi connectivity index (χ2v) is 10.0. The number of allylic oxidation sites excluding steroid dienone is 2. The Morgan fingerprint density at radius 2 is 1.96 bits per heavy atom. The topological polar surface area (TPSA) is 37.3 Å². The highest BCUT2D eigenvalue weighted by molar-refractivity contribution is 5.67. The molecule has 0 heterocycles. The van der Waals surface area contributed by atoms with E-state index in [-0.39, 0.29) is 5.41 Å². The van der Waals surface area contributed by atoms with Crippen LogP contribution in [-0.2, 0) is 4.79 Å². The number of carbonyl (C=O) groups is 1. The molecule has 0 unspecified atom stereocenters. The molecule has 2 nitrogen and oxygen atoms in total. The standard InChI is InChI=1S/C23H36O2/c1-4-15-9-11-19-18-10-8-16-6-5-7-17(14-21(24)25)23(16,3)20(18)12-13-22(15,19)2/h9,16-20H,4-8,10-14H2,1-3H3,(H,24,25)/t16-,17-,18-,19-,20-,22+,23+/m0/s1. The Kier molecular flexibility index (Phi) is 4.32. The molecule has 4 aliphatic rings. The number of carboxylic acids is 1. The molecule has 0 aromatic heterocycles. The number of aliphatic carboxylic acids is 1. The van der Waals surface area contributed by atoms with E-state index in [1.807, 2.05) is 0 Å². The average Bonchev–Trinajstić information content (AvgIpc) is 2.91. The van der Waals surface area contributed by atoms with Gasteiger partial charge in [-0.2, -0.15) is 0 Å². The Morgan fingerprint density at radius 3 is 2.68 bits per heavy atom. The summed E-state index contributed by atoms with van der Waals surface area (Å²) in [6.07, 6.45) is 14.6. The van der Waals surface area contributed by atoms with Gasteiger partial charge in [0.15, 0.2) is 0 Å². The van der Waals surface area contributed by atoms with Crippen molar-refractivity contribution in [2.45, 2.75) is 85.0 Å². The lowest BCUT2D eigenvalue weighted by atomic mass is 9.42. The third kappa shape index (κ3) is 2.46. The van der Waals surface area contributed by atoms with Crippen molar-refractivity contribution in [3.8, 4) is 0 Å². The molecule has 3 fully saturated rings. The van der Waals surface area contributed by atoms with Crippen LogP contribution in [0.1, 0.15) is 85.0 Å². The van der Waals surface area contributed by atoms with Crippen molar-refractivity contribution >= 4 is 5.97 Å². The molecule has 0 spiro atoms. The highest BCUT2D eigenvalue weighted by Gasteiger charge is 2.60. The highest BCUT2D eigenvalue weighted by Crippen LogP contribution is 2.68. The van der Waals surface area contributed by atoms with Crippen LogP contribution in [0, 0.1) is 40.4 Å². The summed E-state index contributed by atoms with van der Waals surface area (Å²) in [5.41, 5.74) is 2.43. The van der Waals surface area contributed by atoms with Crippen molar-refractivity contribution in [1.29, 1.82) is 0 Å². The molecule has 4 aliphatic carbocycles. The summed E-state index contributed by atoms with van der Waals surface area (Å²) in [6.45, 7) is 7.38. The van der Waals surface area contributed by atoms with Gasteiger partial charge in [-0.3, -0.25) is 4.79 Å². The fourth-order valence-electron chi connectivity index (χ4n) is 8.22. The van der Waals surface area contributed by atoms with E-state index in [0.717, 1.165) is 30.1 Å². The predicted molar refractivity (Wildman–Crippen MR) is 101 cm³/mol. The van der Waals surface area contributed by atoms with Crippen molar-refractivity contribution in [3.63, 3.8) is 0 Å². The first-order valence-corrected chi connectivity index (χ1v) is 10.8. The lowest BCUT2D eigenvalue weighted by molar-refractivity contribution is -0.152. The molecular weight excluding hydrogens is 308 g/mol. The maximum Gasteiger partial charge on any atom is 0.303 e. The zero-order chi connectivity index (χ0) is 17.8. The van der Waals surface area contributed by atoms with E-state index in [2.05, 4.69) is 26.8 Å². The summed E-state index contributed by atoms with van der Waals surface area (Å²) in [6, 6.07) is 0. The normalized spacial score (nSPS) is 48.9. The quantitative estimate of drug-likeness (QED) is 0.631. The summed E-state index contributed by atoms with van der Waals surface area (Å²) >= 11 is 0. The van der Waals surface area contributed by atoms with E-state index >= 15 is 0 Å². The second kappa shape index (κ2) is 6.13. The van der Waals surface area contributed by atoms with Crippen LogP contribution in [-0.4, -0.2) is 11.1 Å². The molecule has 0 amide bonds. The molecule has 3 saturated carbocycles. The van der Waals surface area contributed by atoms with Gasteiger partial charge in [-0.05, 0) is 91.8 Å². The van der Waals surface area contributed by atoms with Crippen molar-refractivity contribution < 1.29 is 9.90 Å². The summed E-state index contributed by atoms with van der Waals surface area (Å²) in [5, 5.41) is 9.52. The molecule has 2 heteroatoms. The molecular formula is C23H36O2. The molecule has 1 N–H and O–H groups in total.